The van der Waals surface area contributed by atoms with Crippen LogP contribution in [0, 0.1) is 5.41 Å². The molecule has 0 bridgehead atoms. The lowest BCUT2D eigenvalue weighted by molar-refractivity contribution is -0.310. The molecule has 0 spiro atoms. The van der Waals surface area contributed by atoms with Gasteiger partial charge >= 0.3 is 35.8 Å². The van der Waals surface area contributed by atoms with Gasteiger partial charge in [-0.3, -0.25) is 38.4 Å². The van der Waals surface area contributed by atoms with Gasteiger partial charge < -0.3 is 33.7 Å². The molecule has 3 N–H and O–H groups in total. The standard InChI is InChI=1S/C53H94N2O16/c1-45(2,3)65-39(58)22-30-52(31-23-40(59)66-46(4,5)6,32-24-41(60)67-47(7,8)9)36-37(56)20-28-51(19,55-71-64)29-21-38(57)54-53(33-25-42(61)68-48(10,11)12,34-26-43(62)69-49(13,14)15)35-27-44(63)70-50(16,17)18/h55,64H,20-36H2,1-19H3,(H,54,57). The predicted octanol–water partition coefficient (Wildman–Crippen LogP) is 9.83. The summed E-state index contributed by atoms with van der Waals surface area (Å²) >= 11 is 0. The first-order valence-corrected chi connectivity index (χ1v) is 25.1. The molecule has 0 aliphatic rings. The lowest BCUT2D eigenvalue weighted by atomic mass is 9.71. The van der Waals surface area contributed by atoms with Crippen molar-refractivity contribution in [1.82, 2.24) is 10.8 Å². The Morgan fingerprint density at radius 2 is 0.606 bits per heavy atom. The minimum absolute atomic E-state index is 0.000548. The Morgan fingerprint density at radius 3 is 0.859 bits per heavy atom. The highest BCUT2D eigenvalue weighted by molar-refractivity contribution is 5.80. The van der Waals surface area contributed by atoms with Gasteiger partial charge in [-0.15, -0.1) is 4.99 Å². The van der Waals surface area contributed by atoms with Gasteiger partial charge in [0.05, 0.1) is 0 Å². The number of esters is 6. The molecular formula is C53H94N2O16. The van der Waals surface area contributed by atoms with E-state index >= 15 is 0 Å². The number of carbonyl (C=O) groups excluding carboxylic acids is 8. The molecule has 0 aromatic heterocycles. The molecular weight excluding hydrogens is 921 g/mol. The van der Waals surface area contributed by atoms with Gasteiger partial charge in [-0.05, 0) is 188 Å². The van der Waals surface area contributed by atoms with E-state index in [1.54, 1.807) is 132 Å². The summed E-state index contributed by atoms with van der Waals surface area (Å²) in [7, 11) is 0. The second kappa shape index (κ2) is 27.8. The number of amides is 1. The number of nitrogens with one attached hydrogen (secondary N) is 2. The molecule has 0 aliphatic carbocycles. The molecule has 0 aliphatic heterocycles. The number of hydrogen-bond donors (Lipinski definition) is 3. The van der Waals surface area contributed by atoms with Crippen molar-refractivity contribution < 1.29 is 77.0 Å². The second-order valence-corrected chi connectivity index (χ2v) is 25.3. The van der Waals surface area contributed by atoms with E-state index in [4.69, 9.17) is 28.4 Å². The maximum atomic E-state index is 14.2. The largest absolute Gasteiger partial charge is 0.460 e. The molecule has 0 saturated carbocycles. The third kappa shape index (κ3) is 34.8. The number of carbonyl (C=O) groups is 8. The first kappa shape index (κ1) is 66.8. The van der Waals surface area contributed by atoms with Crippen LogP contribution < -0.4 is 10.8 Å². The summed E-state index contributed by atoms with van der Waals surface area (Å²) in [6, 6.07) is 0. The molecule has 0 rings (SSSR count). The van der Waals surface area contributed by atoms with Crippen LogP contribution in [0.25, 0.3) is 0 Å². The molecule has 1 atom stereocenters. The fourth-order valence-electron chi connectivity index (χ4n) is 7.69. The van der Waals surface area contributed by atoms with Gasteiger partial charge in [0.2, 0.25) is 5.91 Å². The monoisotopic (exact) mass is 1010 g/mol. The molecule has 1 amide bonds. The molecule has 18 nitrogen and oxygen atoms in total. The van der Waals surface area contributed by atoms with Crippen molar-refractivity contribution in [3.8, 4) is 0 Å². The minimum Gasteiger partial charge on any atom is -0.460 e. The van der Waals surface area contributed by atoms with E-state index in [-0.39, 0.29) is 115 Å². The predicted molar refractivity (Wildman–Crippen MR) is 267 cm³/mol. The zero-order chi connectivity index (χ0) is 55.5. The van der Waals surface area contributed by atoms with E-state index < -0.39 is 91.8 Å². The zero-order valence-corrected chi connectivity index (χ0v) is 47.1. The fourth-order valence-corrected chi connectivity index (χ4v) is 7.69. The van der Waals surface area contributed by atoms with Crippen molar-refractivity contribution in [2.45, 2.75) is 285 Å². The summed E-state index contributed by atoms with van der Waals surface area (Å²) < 4.78 is 33.5. The van der Waals surface area contributed by atoms with Crippen molar-refractivity contribution in [3.05, 3.63) is 0 Å². The van der Waals surface area contributed by atoms with Crippen LogP contribution in [-0.4, -0.2) is 97.4 Å². The van der Waals surface area contributed by atoms with E-state index in [1.807, 2.05) is 0 Å². The van der Waals surface area contributed by atoms with Crippen molar-refractivity contribution >= 4 is 47.5 Å². The molecule has 412 valence electrons. The van der Waals surface area contributed by atoms with Gasteiger partial charge in [-0.1, -0.05) is 0 Å². The van der Waals surface area contributed by atoms with Gasteiger partial charge in [-0.2, -0.15) is 5.48 Å². The molecule has 0 aromatic rings. The quantitative estimate of drug-likeness (QED) is 0.0273. The van der Waals surface area contributed by atoms with E-state index in [0.717, 1.165) is 0 Å². The Balaban J connectivity index is 6.87. The fraction of sp³-hybridized carbons (Fsp3) is 0.849. The third-order valence-electron chi connectivity index (χ3n) is 10.6. The maximum absolute atomic E-state index is 14.2. The third-order valence-corrected chi connectivity index (χ3v) is 10.6. The Hall–Kier alpha value is -4.16. The molecule has 0 saturated heterocycles. The summed E-state index contributed by atoms with van der Waals surface area (Å²) in [5, 5.41) is 12.7. The van der Waals surface area contributed by atoms with Crippen LogP contribution in [0.15, 0.2) is 0 Å². The number of hydroxylamine groups is 1. The molecule has 18 heteroatoms. The second-order valence-electron chi connectivity index (χ2n) is 25.3. The van der Waals surface area contributed by atoms with E-state index in [2.05, 4.69) is 15.8 Å². The van der Waals surface area contributed by atoms with Gasteiger partial charge in [0.25, 0.3) is 0 Å². The van der Waals surface area contributed by atoms with Crippen molar-refractivity contribution in [2.75, 3.05) is 0 Å². The average molecular weight is 1020 g/mol. The number of hydrogen-bond acceptors (Lipinski definition) is 17. The summed E-state index contributed by atoms with van der Waals surface area (Å²) in [5.74, 6) is -3.98. The number of Topliss-reactive ketones (excluding diaryl/α,β-unsaturated/α-hetero) is 1. The topological polar surface area (TPSA) is 245 Å². The molecule has 71 heavy (non-hydrogen) atoms. The lowest BCUT2D eigenvalue weighted by Gasteiger charge is -2.36. The molecule has 1 unspecified atom stereocenters. The highest BCUT2D eigenvalue weighted by Crippen LogP contribution is 2.41. The van der Waals surface area contributed by atoms with Crippen LogP contribution in [0.3, 0.4) is 0 Å². The van der Waals surface area contributed by atoms with Crippen LogP contribution in [0.2, 0.25) is 0 Å². The Morgan fingerprint density at radius 1 is 0.352 bits per heavy atom. The van der Waals surface area contributed by atoms with Gasteiger partial charge in [-0.25, -0.2) is 5.26 Å². The zero-order valence-electron chi connectivity index (χ0n) is 47.1. The molecule has 0 heterocycles. The van der Waals surface area contributed by atoms with E-state index in [0.29, 0.717) is 0 Å². The highest BCUT2D eigenvalue weighted by Gasteiger charge is 2.39. The summed E-state index contributed by atoms with van der Waals surface area (Å²) in [4.78, 5) is 111. The molecule has 0 radical (unpaired) electrons. The summed E-state index contributed by atoms with van der Waals surface area (Å²) in [6.07, 6.45) is -0.919. The number of rotatable bonds is 29. The number of ether oxygens (including phenoxy) is 6. The average Bonchev–Trinajstić information content (AvgIpc) is 3.13. The van der Waals surface area contributed by atoms with Crippen LogP contribution >= 0.6 is 0 Å². The van der Waals surface area contributed by atoms with Crippen LogP contribution in [0.4, 0.5) is 0 Å². The van der Waals surface area contributed by atoms with Crippen LogP contribution in [0.5, 0.6) is 0 Å². The first-order chi connectivity index (χ1) is 31.9. The molecule has 0 aromatic carbocycles. The lowest BCUT2D eigenvalue weighted by Crippen LogP contribution is -2.51. The summed E-state index contributed by atoms with van der Waals surface area (Å²) in [5.41, 5.74) is -5.79. The minimum atomic E-state index is -1.30. The van der Waals surface area contributed by atoms with Crippen LogP contribution in [0.1, 0.15) is 241 Å². The first-order valence-electron chi connectivity index (χ1n) is 25.1. The Bertz CT molecular complexity index is 1480. The van der Waals surface area contributed by atoms with Crippen molar-refractivity contribution in [3.63, 3.8) is 0 Å². The van der Waals surface area contributed by atoms with E-state index in [1.165, 1.54) is 0 Å². The smallest absolute Gasteiger partial charge is 0.306 e. The van der Waals surface area contributed by atoms with Crippen molar-refractivity contribution in [2.24, 2.45) is 5.41 Å². The normalized spacial score (nSPS) is 13.9. The van der Waals surface area contributed by atoms with Crippen molar-refractivity contribution in [1.29, 1.82) is 0 Å². The Labute approximate surface area is 425 Å². The maximum Gasteiger partial charge on any atom is 0.306 e. The van der Waals surface area contributed by atoms with Gasteiger partial charge in [0.15, 0.2) is 0 Å². The summed E-state index contributed by atoms with van der Waals surface area (Å²) in [6.45, 7) is 32.8. The van der Waals surface area contributed by atoms with Crippen LogP contribution in [-0.2, 0) is 71.8 Å². The number of ketones is 1. The van der Waals surface area contributed by atoms with Gasteiger partial charge in [0.1, 0.15) is 39.4 Å². The van der Waals surface area contributed by atoms with Gasteiger partial charge in [0, 0.05) is 68.9 Å². The Kier molecular flexibility index (Phi) is 26.1. The highest BCUT2D eigenvalue weighted by atomic mass is 17.2. The van der Waals surface area contributed by atoms with E-state index in [9.17, 15) is 43.6 Å². The molecule has 0 fully saturated rings. The SMILES string of the molecule is CC(CCC(=O)CC(CCC(=O)OC(C)(C)C)(CCC(=O)OC(C)(C)C)CCC(=O)OC(C)(C)C)(CCC(=O)NC(CCC(=O)OC(C)(C)C)(CCC(=O)OC(C)(C)C)CCC(=O)OC(C)(C)C)NOO.